The first-order chi connectivity index (χ1) is 10.9. The van der Waals surface area contributed by atoms with Gasteiger partial charge in [-0.15, -0.1) is 0 Å². The van der Waals surface area contributed by atoms with E-state index in [1.165, 1.54) is 4.68 Å². The van der Waals surface area contributed by atoms with E-state index in [2.05, 4.69) is 5.10 Å². The molecule has 7 heteroatoms. The summed E-state index contributed by atoms with van der Waals surface area (Å²) in [6, 6.07) is 7.15. The van der Waals surface area contributed by atoms with Gasteiger partial charge in [-0.1, -0.05) is 18.2 Å². The Hall–Kier alpha value is -1.89. The van der Waals surface area contributed by atoms with Gasteiger partial charge in [0.2, 0.25) is 0 Å². The molecule has 0 unspecified atom stereocenters. The van der Waals surface area contributed by atoms with Crippen molar-refractivity contribution in [1.82, 2.24) is 14.7 Å². The van der Waals surface area contributed by atoms with Crippen LogP contribution in [0.25, 0.3) is 10.8 Å². The van der Waals surface area contributed by atoms with E-state index in [1.807, 2.05) is 12.1 Å². The van der Waals surface area contributed by atoms with Crippen LogP contribution in [0.3, 0.4) is 0 Å². The third kappa shape index (κ3) is 3.24. The number of benzene rings is 1. The highest BCUT2D eigenvalue weighted by Gasteiger charge is 2.41. The molecule has 1 aromatic heterocycles. The lowest BCUT2D eigenvalue weighted by Gasteiger charge is -2.33. The van der Waals surface area contributed by atoms with Gasteiger partial charge < -0.3 is 0 Å². The van der Waals surface area contributed by atoms with Crippen LogP contribution in [0.4, 0.5) is 13.2 Å². The summed E-state index contributed by atoms with van der Waals surface area (Å²) in [5.74, 6) is -1.33. The van der Waals surface area contributed by atoms with Crippen molar-refractivity contribution >= 4 is 10.8 Å². The molecule has 0 spiro atoms. The number of aryl methyl sites for hydroxylation is 1. The van der Waals surface area contributed by atoms with E-state index in [4.69, 9.17) is 0 Å². The van der Waals surface area contributed by atoms with Gasteiger partial charge >= 0.3 is 6.18 Å². The van der Waals surface area contributed by atoms with E-state index in [1.54, 1.807) is 24.0 Å². The molecule has 1 aliphatic rings. The molecule has 4 nitrogen and oxygen atoms in total. The van der Waals surface area contributed by atoms with Crippen molar-refractivity contribution in [3.05, 3.63) is 40.3 Å². The standard InChI is InChI=1S/C16H18F3N3O/c1-11-13-6-2-3-7-14(13)15(23)22(20-11)10-21-8-4-5-12(9-21)16(17,18)19/h2-3,6-7,12H,4-5,8-10H2,1H3/t12-/m0/s1. The van der Waals surface area contributed by atoms with Gasteiger partial charge in [-0.05, 0) is 32.4 Å². The molecule has 0 bridgehead atoms. The summed E-state index contributed by atoms with van der Waals surface area (Å²) in [5.41, 5.74) is 0.435. The summed E-state index contributed by atoms with van der Waals surface area (Å²) in [6.45, 7) is 2.36. The lowest BCUT2D eigenvalue weighted by atomic mass is 9.98. The van der Waals surface area contributed by atoms with Gasteiger partial charge in [0.25, 0.3) is 5.56 Å². The number of halogens is 3. The SMILES string of the molecule is Cc1nn(CN2CCC[C@H](C(F)(F)F)C2)c(=O)c2ccccc12. The minimum Gasteiger partial charge on any atom is -0.284 e. The molecule has 0 saturated carbocycles. The first-order valence-electron chi connectivity index (χ1n) is 7.62. The number of alkyl halides is 3. The summed E-state index contributed by atoms with van der Waals surface area (Å²) in [6.07, 6.45) is -3.55. The smallest absolute Gasteiger partial charge is 0.284 e. The van der Waals surface area contributed by atoms with Crippen LogP contribution in [0.1, 0.15) is 18.5 Å². The van der Waals surface area contributed by atoms with Crippen molar-refractivity contribution in [2.75, 3.05) is 13.1 Å². The highest BCUT2D eigenvalue weighted by atomic mass is 19.4. The fourth-order valence-corrected chi connectivity index (χ4v) is 3.14. The van der Waals surface area contributed by atoms with Crippen LogP contribution in [0.5, 0.6) is 0 Å². The number of piperidine rings is 1. The normalized spacial score (nSPS) is 20.1. The molecular formula is C16H18F3N3O. The minimum atomic E-state index is -4.18. The summed E-state index contributed by atoms with van der Waals surface area (Å²) in [4.78, 5) is 14.1. The average molecular weight is 325 g/mol. The molecule has 0 amide bonds. The third-order valence-corrected chi connectivity index (χ3v) is 4.35. The van der Waals surface area contributed by atoms with Crippen LogP contribution in [0, 0.1) is 12.8 Å². The molecular weight excluding hydrogens is 307 g/mol. The predicted octanol–water partition coefficient (Wildman–Crippen LogP) is 2.94. The zero-order chi connectivity index (χ0) is 16.6. The van der Waals surface area contributed by atoms with Crippen molar-refractivity contribution in [3.63, 3.8) is 0 Å². The van der Waals surface area contributed by atoms with Crippen molar-refractivity contribution < 1.29 is 13.2 Å². The number of fused-ring (bicyclic) bond motifs is 1. The van der Waals surface area contributed by atoms with Crippen LogP contribution in [0.15, 0.2) is 29.1 Å². The van der Waals surface area contributed by atoms with Crippen LogP contribution >= 0.6 is 0 Å². The second-order valence-corrected chi connectivity index (χ2v) is 6.03. The second-order valence-electron chi connectivity index (χ2n) is 6.03. The van der Waals surface area contributed by atoms with Gasteiger partial charge in [-0.25, -0.2) is 4.68 Å². The molecule has 1 fully saturated rings. The van der Waals surface area contributed by atoms with E-state index in [9.17, 15) is 18.0 Å². The van der Waals surface area contributed by atoms with Crippen molar-refractivity contribution in [2.45, 2.75) is 32.6 Å². The predicted molar refractivity (Wildman–Crippen MR) is 81.1 cm³/mol. The van der Waals surface area contributed by atoms with E-state index in [-0.39, 0.29) is 25.2 Å². The first-order valence-corrected chi connectivity index (χ1v) is 7.62. The molecule has 1 saturated heterocycles. The number of nitrogens with zero attached hydrogens (tertiary/aromatic N) is 3. The molecule has 23 heavy (non-hydrogen) atoms. The number of likely N-dealkylation sites (tertiary alicyclic amines) is 1. The second kappa shape index (κ2) is 5.96. The maximum absolute atomic E-state index is 12.9. The summed E-state index contributed by atoms with van der Waals surface area (Å²) < 4.78 is 40.0. The Morgan fingerprint density at radius 1 is 1.26 bits per heavy atom. The fraction of sp³-hybridized carbons (Fsp3) is 0.500. The zero-order valence-electron chi connectivity index (χ0n) is 12.8. The summed E-state index contributed by atoms with van der Waals surface area (Å²) in [7, 11) is 0. The summed E-state index contributed by atoms with van der Waals surface area (Å²) >= 11 is 0. The van der Waals surface area contributed by atoms with E-state index >= 15 is 0 Å². The molecule has 0 aliphatic carbocycles. The molecule has 124 valence electrons. The average Bonchev–Trinajstić information content (AvgIpc) is 2.52. The molecule has 1 aliphatic heterocycles. The van der Waals surface area contributed by atoms with Crippen molar-refractivity contribution in [2.24, 2.45) is 5.92 Å². The van der Waals surface area contributed by atoms with Gasteiger partial charge in [0.15, 0.2) is 0 Å². The highest BCUT2D eigenvalue weighted by molar-refractivity contribution is 5.83. The van der Waals surface area contributed by atoms with Gasteiger partial charge in [-0.2, -0.15) is 18.3 Å². The quantitative estimate of drug-likeness (QED) is 0.852. The molecule has 3 rings (SSSR count). The minimum absolute atomic E-state index is 0.0799. The van der Waals surface area contributed by atoms with Gasteiger partial charge in [0.1, 0.15) is 0 Å². The Kier molecular flexibility index (Phi) is 4.14. The molecule has 2 heterocycles. The monoisotopic (exact) mass is 325 g/mol. The molecule has 1 atom stereocenters. The van der Waals surface area contributed by atoms with Gasteiger partial charge in [0, 0.05) is 11.9 Å². The van der Waals surface area contributed by atoms with E-state index in [0.717, 1.165) is 5.39 Å². The fourth-order valence-electron chi connectivity index (χ4n) is 3.14. The summed E-state index contributed by atoms with van der Waals surface area (Å²) in [5, 5.41) is 5.59. The van der Waals surface area contributed by atoms with Crippen LogP contribution in [0.2, 0.25) is 0 Å². The van der Waals surface area contributed by atoms with Crippen molar-refractivity contribution in [3.8, 4) is 0 Å². The zero-order valence-corrected chi connectivity index (χ0v) is 12.8. The topological polar surface area (TPSA) is 38.1 Å². The highest BCUT2D eigenvalue weighted by Crippen LogP contribution is 2.33. The lowest BCUT2D eigenvalue weighted by Crippen LogP contribution is -2.44. The number of hydrogen-bond donors (Lipinski definition) is 0. The first kappa shape index (κ1) is 16.0. The Labute approximate surface area is 131 Å². The van der Waals surface area contributed by atoms with E-state index in [0.29, 0.717) is 24.0 Å². The lowest BCUT2D eigenvalue weighted by molar-refractivity contribution is -0.188. The largest absolute Gasteiger partial charge is 0.393 e. The van der Waals surface area contributed by atoms with Gasteiger partial charge in [0.05, 0.1) is 23.7 Å². The maximum atomic E-state index is 12.9. The molecule has 0 radical (unpaired) electrons. The van der Waals surface area contributed by atoms with Crippen LogP contribution in [-0.2, 0) is 6.67 Å². The van der Waals surface area contributed by atoms with Crippen LogP contribution in [-0.4, -0.2) is 33.9 Å². The van der Waals surface area contributed by atoms with Gasteiger partial charge in [-0.3, -0.25) is 9.69 Å². The van der Waals surface area contributed by atoms with E-state index < -0.39 is 12.1 Å². The Balaban J connectivity index is 1.87. The molecule has 0 N–H and O–H groups in total. The Morgan fingerprint density at radius 2 is 1.96 bits per heavy atom. The third-order valence-electron chi connectivity index (χ3n) is 4.35. The number of hydrogen-bond acceptors (Lipinski definition) is 3. The Morgan fingerprint density at radius 3 is 2.65 bits per heavy atom. The molecule has 2 aromatic rings. The van der Waals surface area contributed by atoms with Crippen LogP contribution < -0.4 is 5.56 Å². The Bertz CT molecular complexity index is 769. The maximum Gasteiger partial charge on any atom is 0.393 e. The molecule has 1 aromatic carbocycles. The van der Waals surface area contributed by atoms with Crippen molar-refractivity contribution in [1.29, 1.82) is 0 Å². The number of aromatic nitrogens is 2. The number of rotatable bonds is 2.